The van der Waals surface area contributed by atoms with Crippen LogP contribution >= 0.6 is 0 Å². The Morgan fingerprint density at radius 1 is 1.21 bits per heavy atom. The molecule has 0 aliphatic heterocycles. The molecule has 1 aliphatic carbocycles. The Hall–Kier alpha value is -0.730. The lowest BCUT2D eigenvalue weighted by Gasteiger charge is -2.31. The zero-order valence-electron chi connectivity index (χ0n) is 8.59. The van der Waals surface area contributed by atoms with E-state index in [4.69, 9.17) is 0 Å². The van der Waals surface area contributed by atoms with Crippen molar-refractivity contribution in [3.8, 4) is 0 Å². The van der Waals surface area contributed by atoms with Gasteiger partial charge in [0.05, 0.1) is 5.92 Å². The van der Waals surface area contributed by atoms with E-state index >= 15 is 0 Å². The van der Waals surface area contributed by atoms with Gasteiger partial charge in [0.25, 0.3) is 0 Å². The molecule has 1 rings (SSSR count). The van der Waals surface area contributed by atoms with Crippen molar-refractivity contribution < 1.29 is 14.0 Å². The fourth-order valence-electron chi connectivity index (χ4n) is 1.89. The summed E-state index contributed by atoms with van der Waals surface area (Å²) < 4.78 is 12.4. The quantitative estimate of drug-likeness (QED) is 0.488. The second-order valence-corrected chi connectivity index (χ2v) is 4.02. The first-order valence-electron chi connectivity index (χ1n) is 5.39. The zero-order chi connectivity index (χ0) is 10.6. The van der Waals surface area contributed by atoms with Crippen LogP contribution in [0.1, 0.15) is 45.4 Å². The fourth-order valence-corrected chi connectivity index (χ4v) is 1.89. The first-order chi connectivity index (χ1) is 6.66. The summed E-state index contributed by atoms with van der Waals surface area (Å²) in [5.41, 5.74) is 0. The van der Waals surface area contributed by atoms with E-state index in [9.17, 15) is 14.0 Å². The van der Waals surface area contributed by atoms with Gasteiger partial charge in [0.15, 0.2) is 0 Å². The van der Waals surface area contributed by atoms with Gasteiger partial charge >= 0.3 is 6.04 Å². The maximum absolute atomic E-state index is 12.4. The van der Waals surface area contributed by atoms with Gasteiger partial charge in [-0.15, -0.1) is 0 Å². The van der Waals surface area contributed by atoms with Crippen LogP contribution in [0.25, 0.3) is 0 Å². The largest absolute Gasteiger partial charge is 0.305 e. The van der Waals surface area contributed by atoms with Crippen molar-refractivity contribution in [1.82, 2.24) is 0 Å². The molecule has 2 nitrogen and oxygen atoms in total. The molecule has 0 aromatic rings. The third kappa shape index (κ3) is 2.63. The van der Waals surface area contributed by atoms with E-state index in [2.05, 4.69) is 6.92 Å². The summed E-state index contributed by atoms with van der Waals surface area (Å²) in [5, 5.41) is 0. The van der Waals surface area contributed by atoms with Crippen LogP contribution in [0.5, 0.6) is 0 Å². The number of Topliss-reactive ketones (excluding diaryl/α,β-unsaturated/α-hetero) is 1. The van der Waals surface area contributed by atoms with Crippen molar-refractivity contribution in [3.63, 3.8) is 0 Å². The molecule has 0 amide bonds. The summed E-state index contributed by atoms with van der Waals surface area (Å²) in [6.45, 7) is 2.07. The minimum absolute atomic E-state index is 0.0840. The van der Waals surface area contributed by atoms with Gasteiger partial charge in [-0.05, 0) is 19.3 Å². The van der Waals surface area contributed by atoms with E-state index in [1.54, 1.807) is 0 Å². The van der Waals surface area contributed by atoms with Gasteiger partial charge in [0.1, 0.15) is 5.78 Å². The van der Waals surface area contributed by atoms with E-state index in [1.807, 2.05) is 0 Å². The fraction of sp³-hybridized carbons (Fsp3) is 0.818. The molecule has 0 saturated heterocycles. The minimum atomic E-state index is -1.30. The van der Waals surface area contributed by atoms with E-state index in [0.717, 1.165) is 19.3 Å². The molecule has 1 aliphatic rings. The van der Waals surface area contributed by atoms with Gasteiger partial charge in [-0.2, -0.15) is 4.39 Å². The number of unbranched alkanes of at least 4 members (excludes halogenated alkanes) is 2. The summed E-state index contributed by atoms with van der Waals surface area (Å²) >= 11 is 0. The Morgan fingerprint density at radius 3 is 2.29 bits per heavy atom. The van der Waals surface area contributed by atoms with Crippen LogP contribution in [0, 0.1) is 11.8 Å². The molecule has 0 radical (unpaired) electrons. The molecule has 0 bridgehead atoms. The summed E-state index contributed by atoms with van der Waals surface area (Å²) in [6, 6.07) is -1.30. The summed E-state index contributed by atoms with van der Waals surface area (Å²) in [7, 11) is 0. The third-order valence-corrected chi connectivity index (χ3v) is 3.01. The second-order valence-electron chi connectivity index (χ2n) is 4.02. The second kappa shape index (κ2) is 5.23. The Labute approximate surface area is 83.9 Å². The number of rotatable bonds is 6. The first-order valence-corrected chi connectivity index (χ1v) is 5.39. The number of carbonyl (C=O) groups excluding carboxylic acids is 2. The van der Waals surface area contributed by atoms with Crippen molar-refractivity contribution in [2.75, 3.05) is 0 Å². The molecule has 1 fully saturated rings. The monoisotopic (exact) mass is 200 g/mol. The lowest BCUT2D eigenvalue weighted by molar-refractivity contribution is -0.145. The Balaban J connectivity index is 2.27. The van der Waals surface area contributed by atoms with Crippen LogP contribution in [0.3, 0.4) is 0 Å². The van der Waals surface area contributed by atoms with Crippen molar-refractivity contribution in [2.45, 2.75) is 45.4 Å². The van der Waals surface area contributed by atoms with Gasteiger partial charge in [-0.1, -0.05) is 19.8 Å². The smallest absolute Gasteiger partial charge is 0.299 e. The predicted molar refractivity (Wildman–Crippen MR) is 51.5 cm³/mol. The van der Waals surface area contributed by atoms with Crippen molar-refractivity contribution >= 4 is 11.8 Å². The molecule has 0 N–H and O–H groups in total. The molecule has 14 heavy (non-hydrogen) atoms. The average molecular weight is 200 g/mol. The Morgan fingerprint density at radius 2 is 1.86 bits per heavy atom. The van der Waals surface area contributed by atoms with Crippen LogP contribution in [-0.4, -0.2) is 11.8 Å². The van der Waals surface area contributed by atoms with E-state index < -0.39 is 12.0 Å². The SMILES string of the molecule is CCCCCC(=O)C1CC[C@H]1C(=O)F. The molecular weight excluding hydrogens is 183 g/mol. The van der Waals surface area contributed by atoms with Crippen LogP contribution in [0.15, 0.2) is 0 Å². The van der Waals surface area contributed by atoms with Crippen LogP contribution < -0.4 is 0 Å². The van der Waals surface area contributed by atoms with Gasteiger partial charge in [-0.3, -0.25) is 9.59 Å². The average Bonchev–Trinajstić information content (AvgIpc) is 2.01. The Kier molecular flexibility index (Phi) is 4.23. The molecule has 1 unspecified atom stereocenters. The number of carbonyl (C=O) groups is 2. The first kappa shape index (κ1) is 11.3. The summed E-state index contributed by atoms with van der Waals surface area (Å²) in [4.78, 5) is 21.9. The number of hydrogen-bond donors (Lipinski definition) is 0. The minimum Gasteiger partial charge on any atom is -0.299 e. The highest BCUT2D eigenvalue weighted by Gasteiger charge is 2.40. The predicted octanol–water partition coefficient (Wildman–Crippen LogP) is 2.66. The lowest BCUT2D eigenvalue weighted by atomic mass is 9.71. The molecule has 80 valence electrons. The highest BCUT2D eigenvalue weighted by molar-refractivity contribution is 5.87. The van der Waals surface area contributed by atoms with Gasteiger partial charge in [-0.25, -0.2) is 0 Å². The normalized spacial score (nSPS) is 25.6. The van der Waals surface area contributed by atoms with E-state index in [0.29, 0.717) is 19.3 Å². The molecule has 0 aromatic carbocycles. The summed E-state index contributed by atoms with van der Waals surface area (Å²) in [5.74, 6) is -0.825. The summed E-state index contributed by atoms with van der Waals surface area (Å²) in [6.07, 6.45) is 4.75. The number of halogens is 1. The molecule has 0 heterocycles. The Bertz CT molecular complexity index is 225. The van der Waals surface area contributed by atoms with Crippen LogP contribution in [0.4, 0.5) is 4.39 Å². The number of hydrogen-bond acceptors (Lipinski definition) is 2. The van der Waals surface area contributed by atoms with Crippen molar-refractivity contribution in [2.24, 2.45) is 11.8 Å². The van der Waals surface area contributed by atoms with Crippen LogP contribution in [-0.2, 0) is 9.59 Å². The highest BCUT2D eigenvalue weighted by Crippen LogP contribution is 2.36. The zero-order valence-corrected chi connectivity index (χ0v) is 8.59. The topological polar surface area (TPSA) is 34.1 Å². The van der Waals surface area contributed by atoms with E-state index in [-0.39, 0.29) is 11.7 Å². The van der Waals surface area contributed by atoms with E-state index in [1.165, 1.54) is 0 Å². The molecule has 1 saturated carbocycles. The molecule has 2 atom stereocenters. The van der Waals surface area contributed by atoms with Crippen LogP contribution in [0.2, 0.25) is 0 Å². The van der Waals surface area contributed by atoms with Crippen molar-refractivity contribution in [1.29, 1.82) is 0 Å². The molecule has 0 spiro atoms. The maximum atomic E-state index is 12.4. The highest BCUT2D eigenvalue weighted by atomic mass is 19.1. The lowest BCUT2D eigenvalue weighted by Crippen LogP contribution is -2.36. The van der Waals surface area contributed by atoms with Crippen molar-refractivity contribution in [3.05, 3.63) is 0 Å². The molecular formula is C11H17FO2. The standard InChI is InChI=1S/C11H17FO2/c1-2-3-4-5-10(13)8-6-7-9(8)11(12)14/h8-9H,2-7H2,1H3/t8?,9-/m1/s1. The molecule has 0 aromatic heterocycles. The third-order valence-electron chi connectivity index (χ3n) is 3.01. The number of ketones is 1. The van der Waals surface area contributed by atoms with Gasteiger partial charge < -0.3 is 0 Å². The van der Waals surface area contributed by atoms with Gasteiger partial charge in [0, 0.05) is 12.3 Å². The maximum Gasteiger partial charge on any atom is 0.305 e. The molecule has 3 heteroatoms. The van der Waals surface area contributed by atoms with Gasteiger partial charge in [0.2, 0.25) is 0 Å².